The summed E-state index contributed by atoms with van der Waals surface area (Å²) in [6, 6.07) is 6.37. The van der Waals surface area contributed by atoms with Crippen molar-refractivity contribution >= 4 is 21.8 Å². The van der Waals surface area contributed by atoms with Crippen LogP contribution >= 0.6 is 0 Å². The van der Waals surface area contributed by atoms with Crippen molar-refractivity contribution < 1.29 is 27.5 Å². The highest BCUT2D eigenvalue weighted by Gasteiger charge is 2.43. The Morgan fingerprint density at radius 3 is 2.23 bits per heavy atom. The lowest BCUT2D eigenvalue weighted by molar-refractivity contribution is 0.0490. The van der Waals surface area contributed by atoms with Gasteiger partial charge in [0.2, 0.25) is 15.9 Å². The summed E-state index contributed by atoms with van der Waals surface area (Å²) in [6.45, 7) is 4.29. The van der Waals surface area contributed by atoms with E-state index in [0.717, 1.165) is 50.8 Å². The Bertz CT molecular complexity index is 1340. The summed E-state index contributed by atoms with van der Waals surface area (Å²) >= 11 is 0. The fourth-order valence-corrected chi connectivity index (χ4v) is 6.23. The van der Waals surface area contributed by atoms with Crippen LogP contribution in [0.3, 0.4) is 0 Å². The molecule has 39 heavy (non-hydrogen) atoms. The Kier molecular flexibility index (Phi) is 7.02. The largest absolute Gasteiger partial charge is 0.477 e. The second kappa shape index (κ2) is 10.5. The average molecular weight is 556 g/mol. The molecular formula is C27H33N5O6S. The fourth-order valence-electron chi connectivity index (χ4n) is 5.77. The average Bonchev–Trinajstić information content (AvgIpc) is 3.61. The van der Waals surface area contributed by atoms with Crippen molar-refractivity contribution in [1.82, 2.24) is 19.8 Å². The first-order chi connectivity index (χ1) is 18.7. The standard InChI is InChI=1S/C27H33N5O6S/c28-39(35,36)22-3-4-23(29-11-22)27(34)32-14-20-12-31(13-21(20)15-32)26(33)19-9-24(18-1-2-18)30-25(10-19)38-16-17-5-7-37-8-6-17/h3-4,9-11,17-18,20-21H,1-2,5-8,12-16H2,(H2,28,35,36)/t20-,21-/m1/s1. The first-order valence-electron chi connectivity index (χ1n) is 13.5. The van der Waals surface area contributed by atoms with E-state index in [1.54, 1.807) is 11.0 Å². The van der Waals surface area contributed by atoms with E-state index in [1.165, 1.54) is 12.1 Å². The van der Waals surface area contributed by atoms with Crippen LogP contribution in [0.15, 0.2) is 35.4 Å². The van der Waals surface area contributed by atoms with Crippen LogP contribution in [0.4, 0.5) is 0 Å². The van der Waals surface area contributed by atoms with Crippen molar-refractivity contribution in [3.05, 3.63) is 47.4 Å². The zero-order chi connectivity index (χ0) is 27.1. The number of hydrogen-bond acceptors (Lipinski definition) is 8. The molecule has 6 rings (SSSR count). The van der Waals surface area contributed by atoms with Crippen LogP contribution in [-0.2, 0) is 14.8 Å². The van der Waals surface area contributed by atoms with E-state index in [1.807, 2.05) is 11.0 Å². The van der Waals surface area contributed by atoms with Gasteiger partial charge >= 0.3 is 0 Å². The molecule has 2 aromatic rings. The molecule has 0 spiro atoms. The molecule has 208 valence electrons. The lowest BCUT2D eigenvalue weighted by atomic mass is 10.0. The number of nitrogens with zero attached hydrogens (tertiary/aromatic N) is 4. The van der Waals surface area contributed by atoms with Gasteiger partial charge in [-0.05, 0) is 49.8 Å². The van der Waals surface area contributed by atoms with Crippen molar-refractivity contribution in [3.63, 3.8) is 0 Å². The number of sulfonamides is 1. The van der Waals surface area contributed by atoms with Gasteiger partial charge in [-0.1, -0.05) is 0 Å². The van der Waals surface area contributed by atoms with E-state index < -0.39 is 10.0 Å². The highest BCUT2D eigenvalue weighted by molar-refractivity contribution is 7.89. The Morgan fingerprint density at radius 1 is 0.974 bits per heavy atom. The number of aromatic nitrogens is 2. The molecule has 11 nitrogen and oxygen atoms in total. The molecule has 4 aliphatic rings. The van der Waals surface area contributed by atoms with Gasteiger partial charge in [-0.2, -0.15) is 0 Å². The van der Waals surface area contributed by atoms with Crippen molar-refractivity contribution in [3.8, 4) is 5.88 Å². The summed E-state index contributed by atoms with van der Waals surface area (Å²) in [5.74, 6) is 1.43. The van der Waals surface area contributed by atoms with Crippen LogP contribution in [0.5, 0.6) is 5.88 Å². The molecule has 5 heterocycles. The summed E-state index contributed by atoms with van der Waals surface area (Å²) in [6.07, 6.45) is 5.22. The van der Waals surface area contributed by atoms with Crippen molar-refractivity contribution in [2.75, 3.05) is 46.0 Å². The van der Waals surface area contributed by atoms with Gasteiger partial charge in [-0.15, -0.1) is 0 Å². The summed E-state index contributed by atoms with van der Waals surface area (Å²) < 4.78 is 34.4. The Labute approximate surface area is 227 Å². The molecule has 2 aromatic heterocycles. The van der Waals surface area contributed by atoms with Gasteiger partial charge in [0.15, 0.2) is 0 Å². The lowest BCUT2D eigenvalue weighted by Gasteiger charge is -2.23. The maximum atomic E-state index is 13.6. The molecule has 2 N–H and O–H groups in total. The van der Waals surface area contributed by atoms with Crippen LogP contribution < -0.4 is 9.88 Å². The molecular weight excluding hydrogens is 522 g/mol. The number of hydrogen-bond donors (Lipinski definition) is 1. The van der Waals surface area contributed by atoms with E-state index in [2.05, 4.69) is 4.98 Å². The molecule has 1 saturated carbocycles. The second-order valence-electron chi connectivity index (χ2n) is 11.1. The van der Waals surface area contributed by atoms with Crippen LogP contribution in [-0.4, -0.2) is 86.0 Å². The van der Waals surface area contributed by atoms with Gasteiger partial charge < -0.3 is 19.3 Å². The highest BCUT2D eigenvalue weighted by atomic mass is 32.2. The minimum Gasteiger partial charge on any atom is -0.477 e. The minimum atomic E-state index is -3.87. The van der Waals surface area contributed by atoms with E-state index in [-0.39, 0.29) is 34.2 Å². The predicted octanol–water partition coefficient (Wildman–Crippen LogP) is 1.65. The van der Waals surface area contributed by atoms with Gasteiger partial charge in [-0.3, -0.25) is 9.59 Å². The third-order valence-electron chi connectivity index (χ3n) is 8.22. The number of likely N-dealkylation sites (tertiary alicyclic amines) is 2. The SMILES string of the molecule is NS(=O)(=O)c1ccc(C(=O)N2C[C@H]3CN(C(=O)c4cc(OCC5CCOCC5)nc(C5CC5)c4)C[C@@H]3C2)nc1. The number of nitrogens with two attached hydrogens (primary N) is 1. The molecule has 1 aliphatic carbocycles. The molecule has 0 aromatic carbocycles. The highest BCUT2D eigenvalue weighted by Crippen LogP contribution is 2.40. The van der Waals surface area contributed by atoms with Gasteiger partial charge in [0, 0.05) is 80.7 Å². The molecule has 0 unspecified atom stereocenters. The van der Waals surface area contributed by atoms with Crippen LogP contribution in [0.25, 0.3) is 0 Å². The van der Waals surface area contributed by atoms with Crippen LogP contribution in [0, 0.1) is 17.8 Å². The number of carbonyl (C=O) groups excluding carboxylic acids is 2. The third kappa shape index (κ3) is 5.78. The van der Waals surface area contributed by atoms with Gasteiger partial charge in [0.1, 0.15) is 10.6 Å². The molecule has 0 bridgehead atoms. The van der Waals surface area contributed by atoms with E-state index in [4.69, 9.17) is 19.6 Å². The minimum absolute atomic E-state index is 0.0252. The molecule has 4 fully saturated rings. The Morgan fingerprint density at radius 2 is 1.64 bits per heavy atom. The van der Waals surface area contributed by atoms with Gasteiger partial charge in [-0.25, -0.2) is 23.5 Å². The van der Waals surface area contributed by atoms with Crippen molar-refractivity contribution in [2.24, 2.45) is 22.9 Å². The predicted molar refractivity (Wildman–Crippen MR) is 140 cm³/mol. The molecule has 3 aliphatic heterocycles. The number of rotatable bonds is 7. The maximum absolute atomic E-state index is 13.6. The van der Waals surface area contributed by atoms with Gasteiger partial charge in [0.05, 0.1) is 6.61 Å². The van der Waals surface area contributed by atoms with Crippen LogP contribution in [0.2, 0.25) is 0 Å². The zero-order valence-electron chi connectivity index (χ0n) is 21.7. The summed E-state index contributed by atoms with van der Waals surface area (Å²) in [5.41, 5.74) is 1.72. The summed E-state index contributed by atoms with van der Waals surface area (Å²) in [4.78, 5) is 38.7. The van der Waals surface area contributed by atoms with Crippen LogP contribution in [0.1, 0.15) is 58.1 Å². The molecule has 2 amide bonds. The maximum Gasteiger partial charge on any atom is 0.272 e. The quantitative estimate of drug-likeness (QED) is 0.543. The smallest absolute Gasteiger partial charge is 0.272 e. The summed E-state index contributed by atoms with van der Waals surface area (Å²) in [5, 5.41) is 5.12. The van der Waals surface area contributed by atoms with Gasteiger partial charge in [0.25, 0.3) is 11.8 Å². The topological polar surface area (TPSA) is 145 Å². The first-order valence-corrected chi connectivity index (χ1v) is 15.1. The Balaban J connectivity index is 1.09. The van der Waals surface area contributed by atoms with E-state index in [9.17, 15) is 18.0 Å². The number of primary sulfonamides is 1. The van der Waals surface area contributed by atoms with E-state index in [0.29, 0.717) is 56.1 Å². The zero-order valence-corrected chi connectivity index (χ0v) is 22.5. The lowest BCUT2D eigenvalue weighted by Crippen LogP contribution is -2.36. The molecule has 12 heteroatoms. The Hall–Kier alpha value is -3.09. The summed E-state index contributed by atoms with van der Waals surface area (Å²) in [7, 11) is -3.87. The number of pyridine rings is 2. The van der Waals surface area contributed by atoms with Crippen molar-refractivity contribution in [2.45, 2.75) is 36.5 Å². The third-order valence-corrected chi connectivity index (χ3v) is 9.12. The number of carbonyl (C=O) groups is 2. The second-order valence-corrected chi connectivity index (χ2v) is 12.7. The normalized spacial score (nSPS) is 23.6. The fraction of sp³-hybridized carbons (Fsp3) is 0.556. The first kappa shape index (κ1) is 26.1. The van der Waals surface area contributed by atoms with E-state index >= 15 is 0 Å². The number of amides is 2. The number of ether oxygens (including phenoxy) is 2. The number of fused-ring (bicyclic) bond motifs is 1. The van der Waals surface area contributed by atoms with Crippen molar-refractivity contribution in [1.29, 1.82) is 0 Å². The molecule has 3 saturated heterocycles. The molecule has 0 radical (unpaired) electrons. The molecule has 2 atom stereocenters. The monoisotopic (exact) mass is 555 g/mol.